The van der Waals surface area contributed by atoms with Crippen molar-refractivity contribution in [1.82, 2.24) is 10.2 Å². The fraction of sp³-hybridized carbons (Fsp3) is 0.464. The lowest BCUT2D eigenvalue weighted by atomic mass is 9.80. The zero-order chi connectivity index (χ0) is 23.0. The molecular formula is C28H33ClN2O2. The summed E-state index contributed by atoms with van der Waals surface area (Å²) in [7, 11) is 0. The van der Waals surface area contributed by atoms with Gasteiger partial charge in [-0.3, -0.25) is 9.69 Å². The second-order valence-electron chi connectivity index (χ2n) is 10.0. The van der Waals surface area contributed by atoms with Crippen molar-refractivity contribution in [2.24, 2.45) is 0 Å². The van der Waals surface area contributed by atoms with Crippen LogP contribution in [0.3, 0.4) is 0 Å². The topological polar surface area (TPSA) is 41.6 Å². The van der Waals surface area contributed by atoms with Crippen molar-refractivity contribution in [3.05, 3.63) is 82.1 Å². The van der Waals surface area contributed by atoms with Crippen LogP contribution >= 0.6 is 11.6 Å². The number of ether oxygens (including phenoxy) is 1. The quantitative estimate of drug-likeness (QED) is 0.600. The van der Waals surface area contributed by atoms with Crippen LogP contribution in [0.2, 0.25) is 5.02 Å². The highest BCUT2D eigenvalue weighted by atomic mass is 35.5. The van der Waals surface area contributed by atoms with E-state index in [2.05, 4.69) is 49.2 Å². The molecule has 0 radical (unpaired) electrons. The van der Waals surface area contributed by atoms with Gasteiger partial charge in [0.1, 0.15) is 5.82 Å². The van der Waals surface area contributed by atoms with Crippen LogP contribution in [0.5, 0.6) is 0 Å². The predicted octanol–water partition coefficient (Wildman–Crippen LogP) is 5.89. The summed E-state index contributed by atoms with van der Waals surface area (Å²) in [5.74, 6) is 1.50. The molecule has 1 N–H and O–H groups in total. The van der Waals surface area contributed by atoms with Gasteiger partial charge in [-0.05, 0) is 67.2 Å². The Morgan fingerprint density at radius 3 is 2.48 bits per heavy atom. The molecular weight excluding hydrogens is 432 g/mol. The maximum absolute atomic E-state index is 13.2. The highest BCUT2D eigenvalue weighted by Crippen LogP contribution is 2.39. The SMILES string of the molecule is C=C1N[C@](C)(c2cccc(Cc3ccc(C4CCC4)cc3)c2Cl)CC(=O)N1C1CCOCC1. The lowest BCUT2D eigenvalue weighted by Gasteiger charge is -2.46. The maximum atomic E-state index is 13.2. The van der Waals surface area contributed by atoms with Gasteiger partial charge in [-0.1, -0.05) is 67.1 Å². The molecule has 1 saturated carbocycles. The summed E-state index contributed by atoms with van der Waals surface area (Å²) in [5, 5.41) is 4.27. The van der Waals surface area contributed by atoms with Gasteiger partial charge in [-0.25, -0.2) is 0 Å². The van der Waals surface area contributed by atoms with E-state index in [-0.39, 0.29) is 11.9 Å². The Balaban J connectivity index is 1.34. The number of benzene rings is 2. The summed E-state index contributed by atoms with van der Waals surface area (Å²) in [5.41, 5.74) is 4.16. The van der Waals surface area contributed by atoms with E-state index in [1.54, 1.807) is 0 Å². The lowest BCUT2D eigenvalue weighted by Crippen LogP contribution is -2.57. The van der Waals surface area contributed by atoms with Gasteiger partial charge in [0.25, 0.3) is 0 Å². The monoisotopic (exact) mass is 464 g/mol. The van der Waals surface area contributed by atoms with Gasteiger partial charge in [0.2, 0.25) is 5.91 Å². The van der Waals surface area contributed by atoms with Crippen molar-refractivity contribution >= 4 is 17.5 Å². The van der Waals surface area contributed by atoms with E-state index in [0.29, 0.717) is 25.5 Å². The Morgan fingerprint density at radius 2 is 1.85 bits per heavy atom. The van der Waals surface area contributed by atoms with Crippen molar-refractivity contribution in [2.75, 3.05) is 13.2 Å². The molecule has 0 unspecified atom stereocenters. The largest absolute Gasteiger partial charge is 0.381 e. The van der Waals surface area contributed by atoms with E-state index in [9.17, 15) is 4.79 Å². The Bertz CT molecular complexity index is 1020. The third-order valence-electron chi connectivity index (χ3n) is 7.66. The lowest BCUT2D eigenvalue weighted by molar-refractivity contribution is -0.137. The van der Waals surface area contributed by atoms with Crippen LogP contribution in [0.1, 0.15) is 73.6 Å². The summed E-state index contributed by atoms with van der Waals surface area (Å²) in [6, 6.07) is 15.3. The van der Waals surface area contributed by atoms with Gasteiger partial charge in [-0.2, -0.15) is 0 Å². The van der Waals surface area contributed by atoms with Crippen LogP contribution in [0.15, 0.2) is 54.9 Å². The molecule has 174 valence electrons. The van der Waals surface area contributed by atoms with Crippen LogP contribution in [0.4, 0.5) is 0 Å². The van der Waals surface area contributed by atoms with E-state index in [4.69, 9.17) is 16.3 Å². The third kappa shape index (κ3) is 4.43. The van der Waals surface area contributed by atoms with Crippen molar-refractivity contribution < 1.29 is 9.53 Å². The van der Waals surface area contributed by atoms with Crippen LogP contribution in [0, 0.1) is 0 Å². The average Bonchev–Trinajstić information content (AvgIpc) is 2.75. The van der Waals surface area contributed by atoms with E-state index in [0.717, 1.165) is 41.3 Å². The molecule has 5 heteroatoms. The van der Waals surface area contributed by atoms with Crippen molar-refractivity contribution in [3.8, 4) is 0 Å². The molecule has 2 saturated heterocycles. The molecule has 1 aliphatic carbocycles. The molecule has 2 aliphatic heterocycles. The average molecular weight is 465 g/mol. The van der Waals surface area contributed by atoms with Crippen LogP contribution < -0.4 is 5.32 Å². The van der Waals surface area contributed by atoms with Crippen LogP contribution in [-0.2, 0) is 21.5 Å². The minimum Gasteiger partial charge on any atom is -0.381 e. The first-order chi connectivity index (χ1) is 15.9. The molecule has 2 heterocycles. The normalized spacial score (nSPS) is 24.5. The molecule has 0 bridgehead atoms. The van der Waals surface area contributed by atoms with Gasteiger partial charge in [-0.15, -0.1) is 0 Å². The van der Waals surface area contributed by atoms with Crippen molar-refractivity contribution in [3.63, 3.8) is 0 Å². The highest BCUT2D eigenvalue weighted by Gasteiger charge is 2.42. The molecule has 1 amide bonds. The Labute approximate surface area is 202 Å². The van der Waals surface area contributed by atoms with Gasteiger partial charge >= 0.3 is 0 Å². The van der Waals surface area contributed by atoms with Gasteiger partial charge in [0, 0.05) is 24.3 Å². The van der Waals surface area contributed by atoms with Crippen LogP contribution in [0.25, 0.3) is 0 Å². The molecule has 0 spiro atoms. The zero-order valence-electron chi connectivity index (χ0n) is 19.4. The first-order valence-electron chi connectivity index (χ1n) is 12.2. The summed E-state index contributed by atoms with van der Waals surface area (Å²) in [6.07, 6.45) is 6.80. The summed E-state index contributed by atoms with van der Waals surface area (Å²) < 4.78 is 5.47. The van der Waals surface area contributed by atoms with E-state index in [1.165, 1.54) is 30.4 Å². The first kappa shape index (κ1) is 22.5. The van der Waals surface area contributed by atoms with E-state index in [1.807, 2.05) is 17.0 Å². The number of halogens is 1. The first-order valence-corrected chi connectivity index (χ1v) is 12.6. The number of nitrogens with one attached hydrogen (secondary N) is 1. The number of hydrogen-bond acceptors (Lipinski definition) is 3. The number of carbonyl (C=O) groups is 1. The smallest absolute Gasteiger partial charge is 0.231 e. The predicted molar refractivity (Wildman–Crippen MR) is 132 cm³/mol. The Hall–Kier alpha value is -2.30. The second kappa shape index (κ2) is 9.15. The van der Waals surface area contributed by atoms with Gasteiger partial charge in [0.05, 0.1) is 12.0 Å². The van der Waals surface area contributed by atoms with E-state index < -0.39 is 5.54 Å². The third-order valence-corrected chi connectivity index (χ3v) is 8.11. The minimum atomic E-state index is -0.586. The molecule has 2 aromatic rings. The van der Waals surface area contributed by atoms with Gasteiger partial charge < -0.3 is 10.1 Å². The van der Waals surface area contributed by atoms with Crippen molar-refractivity contribution in [1.29, 1.82) is 0 Å². The fourth-order valence-corrected chi connectivity index (χ4v) is 5.90. The molecule has 33 heavy (non-hydrogen) atoms. The second-order valence-corrected chi connectivity index (χ2v) is 10.4. The zero-order valence-corrected chi connectivity index (χ0v) is 20.2. The van der Waals surface area contributed by atoms with Crippen molar-refractivity contribution in [2.45, 2.75) is 69.4 Å². The number of carbonyl (C=O) groups excluding carboxylic acids is 1. The highest BCUT2D eigenvalue weighted by molar-refractivity contribution is 6.32. The molecule has 1 atom stereocenters. The number of rotatable bonds is 5. The standard InChI is InChI=1S/C28H33ClN2O2/c1-19-30-28(2,18-26(32)31(19)24-13-15-33-16-14-24)25-8-4-7-23(27(25)29)17-20-9-11-22(12-10-20)21-5-3-6-21/h4,7-12,21,24,30H,1,3,5-6,13-18H2,2H3/t28-/m0/s1. The van der Waals surface area contributed by atoms with E-state index >= 15 is 0 Å². The number of hydrogen-bond donors (Lipinski definition) is 1. The molecule has 4 nitrogen and oxygen atoms in total. The summed E-state index contributed by atoms with van der Waals surface area (Å²) >= 11 is 6.96. The Morgan fingerprint density at radius 1 is 1.12 bits per heavy atom. The molecule has 3 fully saturated rings. The van der Waals surface area contributed by atoms with Crippen LogP contribution in [-0.4, -0.2) is 30.1 Å². The maximum Gasteiger partial charge on any atom is 0.231 e. The molecule has 3 aliphatic rings. The molecule has 5 rings (SSSR count). The number of amides is 1. The molecule has 0 aromatic heterocycles. The fourth-order valence-electron chi connectivity index (χ4n) is 5.50. The molecule has 2 aromatic carbocycles. The summed E-state index contributed by atoms with van der Waals surface area (Å²) in [4.78, 5) is 15.1. The summed E-state index contributed by atoms with van der Waals surface area (Å²) in [6.45, 7) is 7.64. The number of nitrogens with zero attached hydrogens (tertiary/aromatic N) is 1. The Kier molecular flexibility index (Phi) is 6.24. The minimum absolute atomic E-state index is 0.0983. The van der Waals surface area contributed by atoms with Gasteiger partial charge in [0.15, 0.2) is 0 Å².